The van der Waals surface area contributed by atoms with E-state index in [-0.39, 0.29) is 86.4 Å². The van der Waals surface area contributed by atoms with Crippen LogP contribution in [0.3, 0.4) is 0 Å². The summed E-state index contributed by atoms with van der Waals surface area (Å²) >= 11 is 0. The van der Waals surface area contributed by atoms with Gasteiger partial charge in [0.2, 0.25) is 17.2 Å². The molecule has 1 unspecified atom stereocenters. The second-order valence-corrected chi connectivity index (χ2v) is 13.8. The molecule has 0 heterocycles. The molecule has 0 fully saturated rings. The summed E-state index contributed by atoms with van der Waals surface area (Å²) in [5, 5.41) is 0. The van der Waals surface area contributed by atoms with Crippen molar-refractivity contribution >= 4 is 23.9 Å². The molecule has 1 atom stereocenters. The maximum atomic E-state index is 14.0. The Balaban J connectivity index is 0.00000397. The highest BCUT2D eigenvalue weighted by atomic mass is 16.6. The average Bonchev–Trinajstić information content (AvgIpc) is 3.41. The van der Waals surface area contributed by atoms with Gasteiger partial charge < -0.3 is 75.8 Å². The number of carbonyl (C=O) groups excluding carboxylic acids is 4. The number of esters is 4. The van der Waals surface area contributed by atoms with Gasteiger partial charge in [-0.25, -0.2) is 14.4 Å². The quantitative estimate of drug-likeness (QED) is 0.0637. The third-order valence-corrected chi connectivity index (χ3v) is 9.96. The first-order valence-corrected chi connectivity index (χ1v) is 21.4. The second kappa shape index (κ2) is 28.7. The summed E-state index contributed by atoms with van der Waals surface area (Å²) in [6.45, 7) is 5.31. The lowest BCUT2D eigenvalue weighted by atomic mass is 9.91. The van der Waals surface area contributed by atoms with Gasteiger partial charge in [-0.2, -0.15) is 0 Å². The number of allylic oxidation sites excluding steroid dienone is 1. The molecule has 0 saturated heterocycles. The SMILES string of the molecule is CC.CC.COC1=CC(C(=O)OCC(COC(=O)c2cc(OC)c(OC)c(OC)c2)(COC(=O)c2cc(OC)c(OC)c(OC)c2)COC(=O)c2cc(OC)c(OC)c(OC)c2)CC(OC)=C1OC. The normalized spacial score (nSPS) is 12.6. The Kier molecular flexibility index (Phi) is 24.0. The van der Waals surface area contributed by atoms with E-state index in [1.807, 2.05) is 27.7 Å². The van der Waals surface area contributed by atoms with E-state index in [2.05, 4.69) is 0 Å². The van der Waals surface area contributed by atoms with Gasteiger partial charge in [0.05, 0.1) is 108 Å². The van der Waals surface area contributed by atoms with Crippen LogP contribution in [-0.2, 0) is 38.0 Å². The molecule has 0 amide bonds. The fourth-order valence-corrected chi connectivity index (χ4v) is 6.53. The van der Waals surface area contributed by atoms with Crippen LogP contribution in [0.5, 0.6) is 51.7 Å². The molecule has 382 valence electrons. The number of carbonyl (C=O) groups is 4. The van der Waals surface area contributed by atoms with Crippen LogP contribution < -0.4 is 42.6 Å². The zero-order valence-electron chi connectivity index (χ0n) is 42.3. The van der Waals surface area contributed by atoms with Crippen LogP contribution in [-0.4, -0.2) is 136 Å². The predicted molar refractivity (Wildman–Crippen MR) is 249 cm³/mol. The summed E-state index contributed by atoms with van der Waals surface area (Å²) in [4.78, 5) is 55.7. The molecule has 0 bridgehead atoms. The van der Waals surface area contributed by atoms with Gasteiger partial charge in [0.15, 0.2) is 46.0 Å². The number of hydrogen-bond donors (Lipinski definition) is 0. The van der Waals surface area contributed by atoms with E-state index in [1.54, 1.807) is 0 Å². The minimum atomic E-state index is -1.82. The van der Waals surface area contributed by atoms with E-state index in [0.717, 1.165) is 0 Å². The van der Waals surface area contributed by atoms with Crippen LogP contribution in [0.2, 0.25) is 0 Å². The van der Waals surface area contributed by atoms with E-state index < -0.39 is 61.6 Å². The highest BCUT2D eigenvalue weighted by Crippen LogP contribution is 2.41. The van der Waals surface area contributed by atoms with Crippen LogP contribution in [0, 0.1) is 11.3 Å². The predicted octanol–water partition coefficient (Wildman–Crippen LogP) is 7.27. The number of methoxy groups -OCH3 is 12. The maximum absolute atomic E-state index is 14.0. The Bertz CT molecular complexity index is 1980. The van der Waals surface area contributed by atoms with Crippen molar-refractivity contribution < 1.29 is 95.0 Å². The first-order valence-electron chi connectivity index (χ1n) is 21.4. The highest BCUT2D eigenvalue weighted by Gasteiger charge is 2.40. The van der Waals surface area contributed by atoms with Crippen molar-refractivity contribution in [1.82, 2.24) is 0 Å². The first kappa shape index (κ1) is 57.7. The van der Waals surface area contributed by atoms with Crippen molar-refractivity contribution in [2.75, 3.05) is 112 Å². The smallest absolute Gasteiger partial charge is 0.338 e. The van der Waals surface area contributed by atoms with Gasteiger partial charge >= 0.3 is 23.9 Å². The summed E-state index contributed by atoms with van der Waals surface area (Å²) in [5.74, 6) is -2.22. The standard InChI is InChI=1S/C45H54O20.2C2H6/c1-50-29-13-25(14-30(51-2)37(29)58-9)41(46)62-21-45(22-63-42(47)26-15-31(52-3)38(59-10)32(16-26)53-4,23-64-43(48)27-17-33(54-5)39(60-11)34(18-27)55-6)24-65-44(49)28-19-35(56-7)40(61-12)36(20-28)57-8;2*1-2/h13-19,28H,20-24H2,1-12H3;2*1-2H3. The topological polar surface area (TPSA) is 216 Å². The highest BCUT2D eigenvalue weighted by molar-refractivity contribution is 5.93. The van der Waals surface area contributed by atoms with E-state index in [9.17, 15) is 19.2 Å². The van der Waals surface area contributed by atoms with Gasteiger partial charge in [-0.3, -0.25) is 4.79 Å². The van der Waals surface area contributed by atoms with Crippen LogP contribution in [0.25, 0.3) is 0 Å². The van der Waals surface area contributed by atoms with Gasteiger partial charge in [-0.15, -0.1) is 0 Å². The monoisotopic (exact) mass is 974 g/mol. The molecule has 20 heteroatoms. The lowest BCUT2D eigenvalue weighted by molar-refractivity contribution is -0.155. The minimum Gasteiger partial charge on any atom is -0.497 e. The van der Waals surface area contributed by atoms with Crippen LogP contribution in [0.1, 0.15) is 65.2 Å². The molecule has 0 radical (unpaired) electrons. The molecule has 0 aromatic heterocycles. The molecule has 69 heavy (non-hydrogen) atoms. The third-order valence-electron chi connectivity index (χ3n) is 9.96. The molecular formula is C49H66O20. The number of benzene rings is 3. The summed E-state index contributed by atoms with van der Waals surface area (Å²) in [5.41, 5.74) is -1.94. The van der Waals surface area contributed by atoms with Gasteiger partial charge in [-0.1, -0.05) is 27.7 Å². The first-order chi connectivity index (χ1) is 33.3. The largest absolute Gasteiger partial charge is 0.497 e. The Hall–Kier alpha value is -7.38. The Morgan fingerprint density at radius 1 is 0.420 bits per heavy atom. The molecule has 0 N–H and O–H groups in total. The fourth-order valence-electron chi connectivity index (χ4n) is 6.53. The van der Waals surface area contributed by atoms with Crippen molar-refractivity contribution in [2.24, 2.45) is 11.3 Å². The van der Waals surface area contributed by atoms with Crippen LogP contribution in [0.15, 0.2) is 59.8 Å². The fraction of sp³-hybridized carbons (Fsp3) is 0.469. The number of hydrogen-bond acceptors (Lipinski definition) is 20. The van der Waals surface area contributed by atoms with Crippen molar-refractivity contribution in [1.29, 1.82) is 0 Å². The Morgan fingerprint density at radius 3 is 0.971 bits per heavy atom. The molecule has 0 saturated carbocycles. The molecule has 1 aliphatic rings. The van der Waals surface area contributed by atoms with Crippen molar-refractivity contribution in [3.05, 3.63) is 76.4 Å². The molecule has 0 aliphatic heterocycles. The molecule has 20 nitrogen and oxygen atoms in total. The summed E-state index contributed by atoms with van der Waals surface area (Å²) in [6.07, 6.45) is 1.51. The van der Waals surface area contributed by atoms with Crippen molar-refractivity contribution in [2.45, 2.75) is 34.1 Å². The van der Waals surface area contributed by atoms with E-state index in [1.165, 1.54) is 128 Å². The van der Waals surface area contributed by atoms with Crippen molar-refractivity contribution in [3.8, 4) is 51.7 Å². The molecule has 3 aromatic carbocycles. The van der Waals surface area contributed by atoms with E-state index >= 15 is 0 Å². The average molecular weight is 975 g/mol. The third kappa shape index (κ3) is 14.3. The Morgan fingerprint density at radius 2 is 0.725 bits per heavy atom. The lowest BCUT2D eigenvalue weighted by Gasteiger charge is -2.32. The molecular weight excluding hydrogens is 909 g/mol. The molecule has 1 aliphatic carbocycles. The Labute approximate surface area is 403 Å². The number of ether oxygens (including phenoxy) is 16. The molecule has 0 spiro atoms. The van der Waals surface area contributed by atoms with Crippen molar-refractivity contribution in [3.63, 3.8) is 0 Å². The summed E-state index contributed by atoms with van der Waals surface area (Å²) in [7, 11) is 16.6. The van der Waals surface area contributed by atoms with Gasteiger partial charge in [-0.05, 0) is 42.5 Å². The van der Waals surface area contributed by atoms with Crippen LogP contribution >= 0.6 is 0 Å². The van der Waals surface area contributed by atoms with Gasteiger partial charge in [0.25, 0.3) is 0 Å². The maximum Gasteiger partial charge on any atom is 0.338 e. The van der Waals surface area contributed by atoms with E-state index in [4.69, 9.17) is 75.8 Å². The lowest BCUT2D eigenvalue weighted by Crippen LogP contribution is -2.44. The summed E-state index contributed by atoms with van der Waals surface area (Å²) in [6, 6.07) is 8.16. The molecule has 4 rings (SSSR count). The zero-order valence-corrected chi connectivity index (χ0v) is 42.3. The zero-order chi connectivity index (χ0) is 51.8. The van der Waals surface area contributed by atoms with Crippen LogP contribution in [0.4, 0.5) is 0 Å². The second-order valence-electron chi connectivity index (χ2n) is 13.8. The van der Waals surface area contributed by atoms with Gasteiger partial charge in [0.1, 0.15) is 37.6 Å². The van der Waals surface area contributed by atoms with Gasteiger partial charge in [0, 0.05) is 6.42 Å². The number of rotatable bonds is 24. The minimum absolute atomic E-state index is 0.0146. The summed E-state index contributed by atoms with van der Waals surface area (Å²) < 4.78 is 88.6. The van der Waals surface area contributed by atoms with E-state index in [0.29, 0.717) is 5.76 Å². The molecule has 3 aromatic rings.